The molecule has 1 fully saturated rings. The Hall–Kier alpha value is -2.41. The van der Waals surface area contributed by atoms with Gasteiger partial charge in [0.1, 0.15) is 6.54 Å². The van der Waals surface area contributed by atoms with Crippen LogP contribution in [0, 0.1) is 0 Å². The molecule has 1 heterocycles. The van der Waals surface area contributed by atoms with E-state index in [0.717, 1.165) is 5.56 Å². The number of sulfonamides is 1. The zero-order valence-corrected chi connectivity index (χ0v) is 23.9. The monoisotopic (exact) mass is 574 g/mol. The van der Waals surface area contributed by atoms with Crippen molar-refractivity contribution in [1.29, 1.82) is 0 Å². The van der Waals surface area contributed by atoms with Gasteiger partial charge in [-0.1, -0.05) is 30.7 Å². The number of piperidine rings is 1. The number of ether oxygens (including phenoxy) is 2. The number of benzene rings is 1. The van der Waals surface area contributed by atoms with Gasteiger partial charge in [0, 0.05) is 44.4 Å². The van der Waals surface area contributed by atoms with Gasteiger partial charge in [0.25, 0.3) is 0 Å². The molecular weight excluding hydrogens is 536 g/mol. The molecule has 0 bridgehead atoms. The molecule has 0 aliphatic carbocycles. The van der Waals surface area contributed by atoms with E-state index >= 15 is 0 Å². The van der Waals surface area contributed by atoms with Crippen LogP contribution in [0.25, 0.3) is 0 Å². The number of nitrogens with one attached hydrogen (secondary N) is 1. The van der Waals surface area contributed by atoms with Crippen molar-refractivity contribution in [2.45, 2.75) is 45.7 Å². The van der Waals surface area contributed by atoms with Crippen molar-refractivity contribution in [1.82, 2.24) is 19.4 Å². The third-order valence-corrected chi connectivity index (χ3v) is 8.41. The first-order valence-corrected chi connectivity index (χ1v) is 14.8. The summed E-state index contributed by atoms with van der Waals surface area (Å²) in [6.45, 7) is 4.44. The molecule has 0 aromatic heterocycles. The fourth-order valence-electron chi connectivity index (χ4n) is 4.24. The summed E-state index contributed by atoms with van der Waals surface area (Å²) in [6.07, 6.45) is 1.43. The van der Waals surface area contributed by atoms with E-state index in [-0.39, 0.29) is 63.1 Å². The molecule has 1 aliphatic heterocycles. The topological polar surface area (TPSA) is 126 Å². The number of carbonyl (C=O) groups excluding carboxylic acids is 3. The van der Waals surface area contributed by atoms with E-state index in [1.54, 1.807) is 41.8 Å². The molecule has 1 aromatic rings. The van der Waals surface area contributed by atoms with Crippen molar-refractivity contribution in [3.63, 3.8) is 0 Å². The maximum absolute atomic E-state index is 13.6. The Balaban J connectivity index is 2.15. The Morgan fingerprint density at radius 1 is 1.18 bits per heavy atom. The lowest BCUT2D eigenvalue weighted by molar-refractivity contribution is -0.142. The van der Waals surface area contributed by atoms with Crippen LogP contribution in [0.2, 0.25) is 5.02 Å². The molecular formula is C25H39ClN4O7S. The van der Waals surface area contributed by atoms with Crippen LogP contribution in [-0.4, -0.2) is 105 Å². The van der Waals surface area contributed by atoms with Gasteiger partial charge in [0.15, 0.2) is 0 Å². The second-order valence-electron chi connectivity index (χ2n) is 8.98. The molecule has 2 rings (SSSR count). The fourth-order valence-corrected chi connectivity index (χ4v) is 5.89. The summed E-state index contributed by atoms with van der Waals surface area (Å²) < 4.78 is 36.8. The predicted molar refractivity (Wildman–Crippen MR) is 144 cm³/mol. The van der Waals surface area contributed by atoms with Crippen LogP contribution in [-0.2, 0) is 35.6 Å². The molecule has 1 saturated heterocycles. The van der Waals surface area contributed by atoms with Crippen molar-refractivity contribution < 1.29 is 32.3 Å². The number of methoxy groups -OCH3 is 1. The number of nitrogens with zero attached hydrogens (tertiary/aromatic N) is 3. The van der Waals surface area contributed by atoms with Gasteiger partial charge < -0.3 is 24.6 Å². The molecule has 0 atom stereocenters. The van der Waals surface area contributed by atoms with E-state index in [9.17, 15) is 22.8 Å². The van der Waals surface area contributed by atoms with E-state index in [0.29, 0.717) is 37.4 Å². The highest BCUT2D eigenvalue weighted by Gasteiger charge is 2.32. The van der Waals surface area contributed by atoms with Gasteiger partial charge >= 0.3 is 12.0 Å². The first-order chi connectivity index (χ1) is 18.1. The van der Waals surface area contributed by atoms with Gasteiger partial charge in [-0.25, -0.2) is 13.2 Å². The molecule has 1 aliphatic rings. The molecule has 214 valence electrons. The highest BCUT2D eigenvalue weighted by Crippen LogP contribution is 2.22. The number of hydrogen-bond acceptors (Lipinski definition) is 7. The minimum atomic E-state index is -3.64. The van der Waals surface area contributed by atoms with Gasteiger partial charge in [-0.05, 0) is 43.9 Å². The molecule has 0 spiro atoms. The summed E-state index contributed by atoms with van der Waals surface area (Å²) in [5.41, 5.74) is 0.820. The van der Waals surface area contributed by atoms with E-state index in [4.69, 9.17) is 21.1 Å². The van der Waals surface area contributed by atoms with Gasteiger partial charge in [-0.15, -0.1) is 0 Å². The number of likely N-dealkylation sites (tertiary alicyclic amines) is 1. The number of esters is 1. The lowest BCUT2D eigenvalue weighted by Crippen LogP contribution is -2.53. The van der Waals surface area contributed by atoms with Crippen LogP contribution in [0.1, 0.15) is 38.7 Å². The van der Waals surface area contributed by atoms with E-state index in [2.05, 4.69) is 5.32 Å². The lowest BCUT2D eigenvalue weighted by Gasteiger charge is -2.39. The smallest absolute Gasteiger partial charge is 0.325 e. The number of halogens is 1. The standard InChI is InChI=1S/C25H39ClN4O7S/c1-4-15-38(34,35)29(13-14-36-3)19-23(31)30(18-20-7-6-8-21(26)16-20)22-9-11-28(12-10-22)25(33)27-17-24(32)37-5-2/h6-8,16,22H,4-5,9-15,17-19H2,1-3H3,(H,27,33). The summed E-state index contributed by atoms with van der Waals surface area (Å²) in [4.78, 5) is 40.9. The number of rotatable bonds is 14. The molecule has 1 aromatic carbocycles. The molecule has 0 radical (unpaired) electrons. The molecule has 0 saturated carbocycles. The quantitative estimate of drug-likeness (QED) is 0.337. The van der Waals surface area contributed by atoms with Crippen LogP contribution >= 0.6 is 11.6 Å². The van der Waals surface area contributed by atoms with Gasteiger partial charge in [-0.2, -0.15) is 4.31 Å². The molecule has 0 unspecified atom stereocenters. The van der Waals surface area contributed by atoms with Gasteiger partial charge in [0.2, 0.25) is 15.9 Å². The van der Waals surface area contributed by atoms with Crippen LogP contribution in [0.4, 0.5) is 4.79 Å². The Morgan fingerprint density at radius 3 is 2.50 bits per heavy atom. The summed E-state index contributed by atoms with van der Waals surface area (Å²) in [7, 11) is -2.15. The SMILES string of the molecule is CCCS(=O)(=O)N(CCOC)CC(=O)N(Cc1cccc(Cl)c1)C1CCN(C(=O)NCC(=O)OCC)CC1. The summed E-state index contributed by atoms with van der Waals surface area (Å²) in [6, 6.07) is 6.59. The second kappa shape index (κ2) is 15.9. The molecule has 13 heteroatoms. The zero-order valence-electron chi connectivity index (χ0n) is 22.4. The Morgan fingerprint density at radius 2 is 1.89 bits per heavy atom. The highest BCUT2D eigenvalue weighted by atomic mass is 35.5. The number of urea groups is 1. The summed E-state index contributed by atoms with van der Waals surface area (Å²) in [5.74, 6) is -0.895. The molecule has 1 N–H and O–H groups in total. The van der Waals surface area contributed by atoms with Crippen molar-refractivity contribution in [3.8, 4) is 0 Å². The van der Waals surface area contributed by atoms with Crippen molar-refractivity contribution in [2.75, 3.05) is 58.8 Å². The number of carbonyl (C=O) groups is 3. The van der Waals surface area contributed by atoms with Crippen LogP contribution in [0.3, 0.4) is 0 Å². The lowest BCUT2D eigenvalue weighted by atomic mass is 10.0. The van der Waals surface area contributed by atoms with Crippen LogP contribution in [0.5, 0.6) is 0 Å². The first-order valence-electron chi connectivity index (χ1n) is 12.8. The van der Waals surface area contributed by atoms with Gasteiger partial charge in [-0.3, -0.25) is 9.59 Å². The minimum Gasteiger partial charge on any atom is -0.465 e. The van der Waals surface area contributed by atoms with Crippen LogP contribution < -0.4 is 5.32 Å². The van der Waals surface area contributed by atoms with Crippen LogP contribution in [0.15, 0.2) is 24.3 Å². The number of hydrogen-bond donors (Lipinski definition) is 1. The largest absolute Gasteiger partial charge is 0.465 e. The van der Waals surface area contributed by atoms with Gasteiger partial charge in [0.05, 0.1) is 25.5 Å². The average Bonchev–Trinajstić information content (AvgIpc) is 2.88. The highest BCUT2D eigenvalue weighted by molar-refractivity contribution is 7.89. The van der Waals surface area contributed by atoms with E-state index in [1.807, 2.05) is 6.07 Å². The molecule has 3 amide bonds. The third-order valence-electron chi connectivity index (χ3n) is 6.16. The maximum atomic E-state index is 13.6. The summed E-state index contributed by atoms with van der Waals surface area (Å²) in [5, 5.41) is 3.09. The first kappa shape index (κ1) is 31.8. The second-order valence-corrected chi connectivity index (χ2v) is 11.5. The minimum absolute atomic E-state index is 0.0579. The van der Waals surface area contributed by atoms with E-state index < -0.39 is 16.0 Å². The van der Waals surface area contributed by atoms with Crippen molar-refractivity contribution in [2.24, 2.45) is 0 Å². The Labute approximate surface area is 230 Å². The van der Waals surface area contributed by atoms with Crippen molar-refractivity contribution in [3.05, 3.63) is 34.9 Å². The molecule has 38 heavy (non-hydrogen) atoms. The Kier molecular flexibility index (Phi) is 13.3. The average molecular weight is 575 g/mol. The molecule has 11 nitrogen and oxygen atoms in total. The summed E-state index contributed by atoms with van der Waals surface area (Å²) >= 11 is 6.17. The predicted octanol–water partition coefficient (Wildman–Crippen LogP) is 2.09. The third kappa shape index (κ3) is 10.0. The maximum Gasteiger partial charge on any atom is 0.325 e. The zero-order chi connectivity index (χ0) is 28.1. The fraction of sp³-hybridized carbons (Fsp3) is 0.640. The number of amides is 3. The normalized spacial score (nSPS) is 14.4. The Bertz CT molecular complexity index is 1030. The van der Waals surface area contributed by atoms with E-state index in [1.165, 1.54) is 11.4 Å². The van der Waals surface area contributed by atoms with Crippen molar-refractivity contribution >= 4 is 39.5 Å².